The number of nitrogens with zero attached hydrogens (tertiary/aromatic N) is 2. The number of oxazole rings is 1. The third-order valence-corrected chi connectivity index (χ3v) is 3.98. The first-order valence-corrected chi connectivity index (χ1v) is 7.02. The number of likely N-dealkylation sites (tertiary alicyclic amines) is 1. The Kier molecular flexibility index (Phi) is 3.19. The van der Waals surface area contributed by atoms with E-state index in [4.69, 9.17) is 10.2 Å². The summed E-state index contributed by atoms with van der Waals surface area (Å²) in [7, 11) is 0. The van der Waals surface area contributed by atoms with Gasteiger partial charge in [0.15, 0.2) is 5.58 Å². The van der Waals surface area contributed by atoms with Gasteiger partial charge in [0, 0.05) is 11.7 Å². The molecule has 0 radical (unpaired) electrons. The van der Waals surface area contributed by atoms with Crippen LogP contribution in [-0.4, -0.2) is 22.5 Å². The minimum atomic E-state index is 0.653. The largest absolute Gasteiger partial charge is 0.439 e. The number of nitrogen functional groups attached to an aromatic ring is 1. The third kappa shape index (κ3) is 2.45. The van der Waals surface area contributed by atoms with E-state index in [1.165, 1.54) is 12.8 Å². The average Bonchev–Trinajstić information content (AvgIpc) is 2.95. The minimum absolute atomic E-state index is 0.653. The van der Waals surface area contributed by atoms with Gasteiger partial charge in [-0.3, -0.25) is 4.90 Å². The van der Waals surface area contributed by atoms with Crippen molar-refractivity contribution in [2.45, 2.75) is 39.3 Å². The average molecular weight is 259 g/mol. The topological polar surface area (TPSA) is 55.3 Å². The highest BCUT2D eigenvalue weighted by atomic mass is 16.3. The Morgan fingerprint density at radius 3 is 3.11 bits per heavy atom. The number of nitrogens with two attached hydrogens (primary N) is 1. The molecular weight excluding hydrogens is 238 g/mol. The molecule has 1 aliphatic heterocycles. The Morgan fingerprint density at radius 1 is 1.47 bits per heavy atom. The first kappa shape index (κ1) is 12.5. The molecule has 0 aliphatic carbocycles. The van der Waals surface area contributed by atoms with E-state index in [-0.39, 0.29) is 0 Å². The summed E-state index contributed by atoms with van der Waals surface area (Å²) in [5.74, 6) is 1.48. The zero-order chi connectivity index (χ0) is 13.4. The van der Waals surface area contributed by atoms with E-state index >= 15 is 0 Å². The molecule has 1 aromatic heterocycles. The number of benzene rings is 1. The van der Waals surface area contributed by atoms with Crippen LogP contribution in [0.1, 0.15) is 32.6 Å². The van der Waals surface area contributed by atoms with E-state index in [1.807, 2.05) is 18.2 Å². The summed E-state index contributed by atoms with van der Waals surface area (Å²) in [4.78, 5) is 7.03. The van der Waals surface area contributed by atoms with Gasteiger partial charge < -0.3 is 10.2 Å². The lowest BCUT2D eigenvalue weighted by atomic mass is 10.0. The van der Waals surface area contributed by atoms with E-state index in [0.29, 0.717) is 12.0 Å². The number of fused-ring (bicyclic) bond motifs is 1. The molecule has 1 aromatic carbocycles. The molecule has 0 saturated carbocycles. The van der Waals surface area contributed by atoms with Gasteiger partial charge in [-0.1, -0.05) is 13.8 Å². The summed E-state index contributed by atoms with van der Waals surface area (Å²) in [6.07, 6.45) is 2.56. The quantitative estimate of drug-likeness (QED) is 0.861. The van der Waals surface area contributed by atoms with Gasteiger partial charge in [0.2, 0.25) is 5.89 Å². The van der Waals surface area contributed by atoms with Gasteiger partial charge in [0.25, 0.3) is 0 Å². The molecule has 0 amide bonds. The second-order valence-electron chi connectivity index (χ2n) is 5.76. The summed E-state index contributed by atoms with van der Waals surface area (Å²) < 4.78 is 5.80. The summed E-state index contributed by atoms with van der Waals surface area (Å²) in [6.45, 7) is 6.52. The van der Waals surface area contributed by atoms with Crippen molar-refractivity contribution in [2.24, 2.45) is 5.92 Å². The van der Waals surface area contributed by atoms with Crippen molar-refractivity contribution in [3.05, 3.63) is 24.1 Å². The molecule has 1 aliphatic rings. The van der Waals surface area contributed by atoms with E-state index in [2.05, 4.69) is 23.7 Å². The van der Waals surface area contributed by atoms with Crippen LogP contribution in [-0.2, 0) is 6.54 Å². The van der Waals surface area contributed by atoms with Crippen LogP contribution in [0.2, 0.25) is 0 Å². The van der Waals surface area contributed by atoms with Crippen molar-refractivity contribution >= 4 is 16.8 Å². The molecule has 1 unspecified atom stereocenters. The maximum Gasteiger partial charge on any atom is 0.209 e. The summed E-state index contributed by atoms with van der Waals surface area (Å²) in [5.41, 5.74) is 8.18. The molecule has 2 heterocycles. The molecule has 1 atom stereocenters. The molecule has 2 N–H and O–H groups in total. The van der Waals surface area contributed by atoms with Gasteiger partial charge in [0.05, 0.1) is 6.54 Å². The second-order valence-corrected chi connectivity index (χ2v) is 5.76. The van der Waals surface area contributed by atoms with Gasteiger partial charge >= 0.3 is 0 Å². The van der Waals surface area contributed by atoms with Crippen molar-refractivity contribution in [1.82, 2.24) is 9.88 Å². The van der Waals surface area contributed by atoms with Crippen LogP contribution in [0.3, 0.4) is 0 Å². The van der Waals surface area contributed by atoms with Gasteiger partial charge in [-0.05, 0) is 43.5 Å². The highest BCUT2D eigenvalue weighted by Gasteiger charge is 2.28. The maximum absolute atomic E-state index is 5.80. The number of hydrogen-bond donors (Lipinski definition) is 1. The second kappa shape index (κ2) is 4.85. The van der Waals surface area contributed by atoms with Gasteiger partial charge in [0.1, 0.15) is 5.52 Å². The van der Waals surface area contributed by atoms with E-state index < -0.39 is 0 Å². The molecule has 2 aromatic rings. The Morgan fingerprint density at radius 2 is 2.32 bits per heavy atom. The lowest BCUT2D eigenvalue weighted by molar-refractivity contribution is 0.183. The lowest BCUT2D eigenvalue weighted by Gasteiger charge is -2.26. The molecule has 102 valence electrons. The summed E-state index contributed by atoms with van der Waals surface area (Å²) >= 11 is 0. The van der Waals surface area contributed by atoms with E-state index in [1.54, 1.807) is 0 Å². The molecule has 1 saturated heterocycles. The van der Waals surface area contributed by atoms with Crippen molar-refractivity contribution < 1.29 is 4.42 Å². The van der Waals surface area contributed by atoms with E-state index in [0.717, 1.165) is 35.8 Å². The first-order valence-electron chi connectivity index (χ1n) is 7.02. The van der Waals surface area contributed by atoms with Crippen LogP contribution < -0.4 is 5.73 Å². The Labute approximate surface area is 113 Å². The number of rotatable bonds is 3. The molecule has 1 fully saturated rings. The van der Waals surface area contributed by atoms with Crippen molar-refractivity contribution in [2.75, 3.05) is 12.3 Å². The van der Waals surface area contributed by atoms with Crippen LogP contribution in [0.15, 0.2) is 22.6 Å². The minimum Gasteiger partial charge on any atom is -0.439 e. The maximum atomic E-state index is 5.80. The van der Waals surface area contributed by atoms with Crippen LogP contribution in [0.25, 0.3) is 11.1 Å². The van der Waals surface area contributed by atoms with E-state index in [9.17, 15) is 0 Å². The van der Waals surface area contributed by atoms with Gasteiger partial charge in [-0.2, -0.15) is 0 Å². The SMILES string of the molecule is CC(C)C1CCCN1Cc1nc2cc(N)ccc2o1. The molecule has 0 spiro atoms. The van der Waals surface area contributed by atoms with Gasteiger partial charge in [-0.15, -0.1) is 0 Å². The monoisotopic (exact) mass is 259 g/mol. The Bertz CT molecular complexity index is 576. The number of anilines is 1. The summed E-state index contributed by atoms with van der Waals surface area (Å²) in [6, 6.07) is 6.27. The normalized spacial score (nSPS) is 20.7. The molecule has 4 heteroatoms. The molecule has 4 nitrogen and oxygen atoms in total. The fraction of sp³-hybridized carbons (Fsp3) is 0.533. The van der Waals surface area contributed by atoms with Crippen molar-refractivity contribution in [3.63, 3.8) is 0 Å². The number of aromatic nitrogens is 1. The highest BCUT2D eigenvalue weighted by Crippen LogP contribution is 2.26. The fourth-order valence-electron chi connectivity index (χ4n) is 3.04. The predicted molar refractivity (Wildman–Crippen MR) is 76.7 cm³/mol. The molecule has 0 bridgehead atoms. The zero-order valence-corrected chi connectivity index (χ0v) is 11.6. The third-order valence-electron chi connectivity index (χ3n) is 3.98. The van der Waals surface area contributed by atoms with Gasteiger partial charge in [-0.25, -0.2) is 4.98 Å². The smallest absolute Gasteiger partial charge is 0.209 e. The highest BCUT2D eigenvalue weighted by molar-refractivity contribution is 5.76. The van der Waals surface area contributed by atoms with Crippen LogP contribution in [0, 0.1) is 5.92 Å². The Hall–Kier alpha value is -1.55. The predicted octanol–water partition coefficient (Wildman–Crippen LogP) is 3.03. The zero-order valence-electron chi connectivity index (χ0n) is 11.6. The standard InChI is InChI=1S/C15H21N3O/c1-10(2)13-4-3-7-18(13)9-15-17-12-8-11(16)5-6-14(12)19-15/h5-6,8,10,13H,3-4,7,9,16H2,1-2H3. The van der Waals surface area contributed by atoms with Crippen LogP contribution >= 0.6 is 0 Å². The number of hydrogen-bond acceptors (Lipinski definition) is 4. The van der Waals surface area contributed by atoms with Crippen molar-refractivity contribution in [1.29, 1.82) is 0 Å². The first-order chi connectivity index (χ1) is 9.13. The van der Waals surface area contributed by atoms with Crippen LogP contribution in [0.4, 0.5) is 5.69 Å². The van der Waals surface area contributed by atoms with Crippen molar-refractivity contribution in [3.8, 4) is 0 Å². The molecule has 19 heavy (non-hydrogen) atoms. The molecule has 3 rings (SSSR count). The lowest BCUT2D eigenvalue weighted by Crippen LogP contribution is -2.32. The fourth-order valence-corrected chi connectivity index (χ4v) is 3.04. The molecular formula is C15H21N3O. The Balaban J connectivity index is 1.81. The van der Waals surface area contributed by atoms with Crippen LogP contribution in [0.5, 0.6) is 0 Å². The summed E-state index contributed by atoms with van der Waals surface area (Å²) in [5, 5.41) is 0.